The number of ether oxygens (including phenoxy) is 1. The fraction of sp³-hybridized carbons (Fsp3) is 0.500. The van der Waals surface area contributed by atoms with Crippen LogP contribution in [0.3, 0.4) is 0 Å². The van der Waals surface area contributed by atoms with Crippen molar-refractivity contribution in [2.75, 3.05) is 19.7 Å². The lowest BCUT2D eigenvalue weighted by Gasteiger charge is -2.20. The molecule has 0 aliphatic carbocycles. The van der Waals surface area contributed by atoms with Crippen LogP contribution < -0.4 is 0 Å². The van der Waals surface area contributed by atoms with Crippen molar-refractivity contribution >= 4 is 16.0 Å². The van der Waals surface area contributed by atoms with Crippen LogP contribution in [0.2, 0.25) is 0 Å². The number of carbonyl (C=O) groups is 1. The number of hydrogen-bond donors (Lipinski definition) is 0. The third-order valence-corrected chi connectivity index (χ3v) is 4.21. The molecule has 1 aromatic rings. The Balaban J connectivity index is 3.03. The molecule has 0 saturated carbocycles. The van der Waals surface area contributed by atoms with Crippen LogP contribution in [0.1, 0.15) is 20.3 Å². The second-order valence-electron chi connectivity index (χ2n) is 3.98. The molecule has 0 atom stereocenters. The molecule has 8 heteroatoms. The molecular weight excluding hydrogens is 287 g/mol. The molecule has 0 aliphatic rings. The van der Waals surface area contributed by atoms with Gasteiger partial charge in [0.25, 0.3) is 0 Å². The largest absolute Gasteiger partial charge is 0.465 e. The Morgan fingerprint density at radius 1 is 1.40 bits per heavy atom. The molecule has 0 N–H and O–H groups in total. The summed E-state index contributed by atoms with van der Waals surface area (Å²) >= 11 is 0. The van der Waals surface area contributed by atoms with Gasteiger partial charge in [-0.25, -0.2) is 12.8 Å². The van der Waals surface area contributed by atoms with E-state index in [0.29, 0.717) is 6.42 Å². The van der Waals surface area contributed by atoms with Crippen LogP contribution in [0.25, 0.3) is 0 Å². The first-order chi connectivity index (χ1) is 9.41. The van der Waals surface area contributed by atoms with Crippen molar-refractivity contribution in [1.29, 1.82) is 0 Å². The van der Waals surface area contributed by atoms with Crippen LogP contribution in [0.5, 0.6) is 0 Å². The summed E-state index contributed by atoms with van der Waals surface area (Å²) in [6, 6.07) is 0.871. The third kappa shape index (κ3) is 4.24. The molecule has 112 valence electrons. The Morgan fingerprint density at radius 2 is 2.10 bits per heavy atom. The van der Waals surface area contributed by atoms with Gasteiger partial charge in [0.05, 0.1) is 12.8 Å². The average Bonchev–Trinajstić information content (AvgIpc) is 2.38. The maximum absolute atomic E-state index is 13.1. The molecule has 0 aliphatic heterocycles. The van der Waals surface area contributed by atoms with Gasteiger partial charge in [-0.3, -0.25) is 9.78 Å². The molecule has 0 radical (unpaired) electrons. The quantitative estimate of drug-likeness (QED) is 0.707. The van der Waals surface area contributed by atoms with Crippen LogP contribution in [0.4, 0.5) is 4.39 Å². The second-order valence-corrected chi connectivity index (χ2v) is 5.92. The van der Waals surface area contributed by atoms with Crippen LogP contribution in [0, 0.1) is 5.82 Å². The maximum atomic E-state index is 13.1. The standard InChI is InChI=1S/C12H17FN2O4S/c1-3-5-15(9-12(16)19-4-2)20(17,18)11-6-10(13)7-14-8-11/h6-8H,3-5,9H2,1-2H3. The molecule has 1 rings (SSSR count). The van der Waals surface area contributed by atoms with Crippen molar-refractivity contribution in [3.8, 4) is 0 Å². The first-order valence-corrected chi connectivity index (χ1v) is 7.62. The fourth-order valence-corrected chi connectivity index (χ4v) is 3.02. The lowest BCUT2D eigenvalue weighted by molar-refractivity contribution is -0.143. The van der Waals surface area contributed by atoms with Crippen LogP contribution in [-0.2, 0) is 19.6 Å². The van der Waals surface area contributed by atoms with Gasteiger partial charge in [-0.05, 0) is 19.4 Å². The summed E-state index contributed by atoms with van der Waals surface area (Å²) < 4.78 is 43.4. The minimum Gasteiger partial charge on any atom is -0.465 e. The van der Waals surface area contributed by atoms with E-state index in [0.717, 1.165) is 22.8 Å². The van der Waals surface area contributed by atoms with E-state index in [1.54, 1.807) is 13.8 Å². The van der Waals surface area contributed by atoms with E-state index < -0.39 is 28.4 Å². The number of carbonyl (C=O) groups excluding carboxylic acids is 1. The summed E-state index contributed by atoms with van der Waals surface area (Å²) in [6.07, 6.45) is 2.47. The fourth-order valence-electron chi connectivity index (χ4n) is 1.57. The molecule has 0 saturated heterocycles. The number of halogens is 1. The molecule has 1 heterocycles. The van der Waals surface area contributed by atoms with E-state index in [2.05, 4.69) is 4.98 Å². The van der Waals surface area contributed by atoms with Gasteiger partial charge < -0.3 is 4.74 Å². The van der Waals surface area contributed by atoms with Gasteiger partial charge in [0, 0.05) is 12.7 Å². The number of rotatable bonds is 7. The zero-order valence-corrected chi connectivity index (χ0v) is 12.2. The van der Waals surface area contributed by atoms with E-state index >= 15 is 0 Å². The number of aromatic nitrogens is 1. The summed E-state index contributed by atoms with van der Waals surface area (Å²) in [6.45, 7) is 3.31. The predicted molar refractivity (Wildman–Crippen MR) is 69.9 cm³/mol. The second kappa shape index (κ2) is 7.30. The van der Waals surface area contributed by atoms with Gasteiger partial charge in [-0.2, -0.15) is 4.31 Å². The van der Waals surface area contributed by atoms with Gasteiger partial charge in [0.2, 0.25) is 10.0 Å². The Kier molecular flexibility index (Phi) is 6.03. The molecule has 0 aromatic carbocycles. The lowest BCUT2D eigenvalue weighted by Crippen LogP contribution is -2.37. The molecule has 0 bridgehead atoms. The number of hydrogen-bond acceptors (Lipinski definition) is 5. The minimum atomic E-state index is -3.97. The zero-order valence-electron chi connectivity index (χ0n) is 11.4. The van der Waals surface area contributed by atoms with Gasteiger partial charge in [-0.15, -0.1) is 0 Å². The maximum Gasteiger partial charge on any atom is 0.321 e. The van der Waals surface area contributed by atoms with E-state index in [1.165, 1.54) is 0 Å². The van der Waals surface area contributed by atoms with Gasteiger partial charge in [0.15, 0.2) is 0 Å². The smallest absolute Gasteiger partial charge is 0.321 e. The number of nitrogens with zero attached hydrogens (tertiary/aromatic N) is 2. The zero-order chi connectivity index (χ0) is 15.2. The minimum absolute atomic E-state index is 0.137. The highest BCUT2D eigenvalue weighted by atomic mass is 32.2. The summed E-state index contributed by atoms with van der Waals surface area (Å²) in [5.41, 5.74) is 0. The molecule has 0 unspecified atom stereocenters. The Labute approximate surface area is 117 Å². The Morgan fingerprint density at radius 3 is 2.65 bits per heavy atom. The highest BCUT2D eigenvalue weighted by molar-refractivity contribution is 7.89. The van der Waals surface area contributed by atoms with Crippen molar-refractivity contribution in [2.45, 2.75) is 25.2 Å². The third-order valence-electron chi connectivity index (χ3n) is 2.40. The molecule has 1 aromatic heterocycles. The summed E-state index contributed by atoms with van der Waals surface area (Å²) in [5.74, 6) is -1.40. The number of sulfonamides is 1. The Bertz CT molecular complexity index is 562. The van der Waals surface area contributed by atoms with Gasteiger partial charge >= 0.3 is 5.97 Å². The van der Waals surface area contributed by atoms with Crippen LogP contribution >= 0.6 is 0 Å². The first kappa shape index (κ1) is 16.5. The molecule has 6 nitrogen and oxygen atoms in total. The van der Waals surface area contributed by atoms with Crippen molar-refractivity contribution in [3.05, 3.63) is 24.3 Å². The van der Waals surface area contributed by atoms with Crippen molar-refractivity contribution < 1.29 is 22.3 Å². The van der Waals surface area contributed by atoms with Crippen molar-refractivity contribution in [3.63, 3.8) is 0 Å². The molecule has 0 amide bonds. The summed E-state index contributed by atoms with van der Waals surface area (Å²) in [5, 5.41) is 0. The molecule has 20 heavy (non-hydrogen) atoms. The lowest BCUT2D eigenvalue weighted by atomic mass is 10.5. The number of pyridine rings is 1. The Hall–Kier alpha value is -1.54. The first-order valence-electron chi connectivity index (χ1n) is 6.18. The summed E-state index contributed by atoms with van der Waals surface area (Å²) in [4.78, 5) is 14.7. The van der Waals surface area contributed by atoms with E-state index in [4.69, 9.17) is 4.74 Å². The highest BCUT2D eigenvalue weighted by Gasteiger charge is 2.27. The van der Waals surface area contributed by atoms with E-state index in [9.17, 15) is 17.6 Å². The van der Waals surface area contributed by atoms with Crippen molar-refractivity contribution in [1.82, 2.24) is 9.29 Å². The summed E-state index contributed by atoms with van der Waals surface area (Å²) in [7, 11) is -3.97. The highest BCUT2D eigenvalue weighted by Crippen LogP contribution is 2.16. The molecule has 0 fully saturated rings. The monoisotopic (exact) mass is 304 g/mol. The molecule has 0 spiro atoms. The normalized spacial score (nSPS) is 11.6. The SMILES string of the molecule is CCCN(CC(=O)OCC)S(=O)(=O)c1cncc(F)c1. The number of esters is 1. The van der Waals surface area contributed by atoms with Gasteiger partial charge in [0.1, 0.15) is 17.3 Å². The van der Waals surface area contributed by atoms with E-state index in [-0.39, 0.29) is 18.0 Å². The molecular formula is C12H17FN2O4S. The predicted octanol–water partition coefficient (Wildman–Crippen LogP) is 1.18. The average molecular weight is 304 g/mol. The van der Waals surface area contributed by atoms with Crippen LogP contribution in [-0.4, -0.2) is 43.4 Å². The van der Waals surface area contributed by atoms with Gasteiger partial charge in [-0.1, -0.05) is 6.92 Å². The van der Waals surface area contributed by atoms with Crippen LogP contribution in [0.15, 0.2) is 23.4 Å². The van der Waals surface area contributed by atoms with Crippen molar-refractivity contribution in [2.24, 2.45) is 0 Å². The van der Waals surface area contributed by atoms with E-state index in [1.807, 2.05) is 0 Å². The topological polar surface area (TPSA) is 76.6 Å².